The van der Waals surface area contributed by atoms with Gasteiger partial charge >= 0.3 is 0 Å². The van der Waals surface area contributed by atoms with Crippen LogP contribution >= 0.6 is 31.9 Å². The molecule has 0 N–H and O–H groups in total. The fraction of sp³-hybridized carbons (Fsp3) is 0.0667. The summed E-state index contributed by atoms with van der Waals surface area (Å²) < 4.78 is 69.1. The third kappa shape index (κ3) is 2.97. The summed E-state index contributed by atoms with van der Waals surface area (Å²) >= 11 is 6.41. The number of benzene rings is 2. The van der Waals surface area contributed by atoms with E-state index in [1.54, 1.807) is 6.07 Å². The number of hydrogen-bond acceptors (Lipinski definition) is 2. The summed E-state index contributed by atoms with van der Waals surface area (Å²) in [6.07, 6.45) is 0.974. The Morgan fingerprint density at radius 3 is 2.08 bits per heavy atom. The predicted molar refractivity (Wildman–Crippen MR) is 86.7 cm³/mol. The summed E-state index contributed by atoms with van der Waals surface area (Å²) in [7, 11) is 0. The van der Waals surface area contributed by atoms with E-state index in [0.29, 0.717) is 14.5 Å². The van der Waals surface area contributed by atoms with Crippen LogP contribution in [0.2, 0.25) is 0 Å². The van der Waals surface area contributed by atoms with Gasteiger partial charge in [-0.1, -0.05) is 15.9 Å². The van der Waals surface area contributed by atoms with Crippen LogP contribution < -0.4 is 5.56 Å². The van der Waals surface area contributed by atoms with Crippen molar-refractivity contribution in [2.45, 2.75) is 6.54 Å². The van der Waals surface area contributed by atoms with E-state index in [1.165, 1.54) is 6.07 Å². The largest absolute Gasteiger partial charge is 0.294 e. The van der Waals surface area contributed by atoms with Crippen LogP contribution in [-0.4, -0.2) is 9.55 Å². The summed E-state index contributed by atoms with van der Waals surface area (Å²) in [5.41, 5.74) is -1.52. The van der Waals surface area contributed by atoms with Gasteiger partial charge in [0, 0.05) is 14.5 Å². The summed E-state index contributed by atoms with van der Waals surface area (Å²) in [5.74, 6) is -10.4. The minimum atomic E-state index is -2.25. The number of rotatable bonds is 2. The van der Waals surface area contributed by atoms with Gasteiger partial charge in [-0.15, -0.1) is 0 Å². The molecule has 0 aliphatic carbocycles. The van der Waals surface area contributed by atoms with Gasteiger partial charge in [-0.25, -0.2) is 26.9 Å². The monoisotopic (exact) mass is 482 g/mol. The van der Waals surface area contributed by atoms with E-state index in [2.05, 4.69) is 36.8 Å². The third-order valence-corrected chi connectivity index (χ3v) is 4.54. The van der Waals surface area contributed by atoms with Crippen LogP contribution in [0, 0.1) is 29.1 Å². The zero-order chi connectivity index (χ0) is 18.5. The lowest BCUT2D eigenvalue weighted by molar-refractivity contribution is 0.367. The van der Waals surface area contributed by atoms with Crippen LogP contribution in [-0.2, 0) is 6.54 Å². The fourth-order valence-electron chi connectivity index (χ4n) is 2.27. The Hall–Kier alpha value is -1.81. The van der Waals surface area contributed by atoms with Gasteiger partial charge in [0.05, 0.1) is 23.8 Å². The highest BCUT2D eigenvalue weighted by Crippen LogP contribution is 2.26. The number of fused-ring (bicyclic) bond motifs is 1. The molecule has 0 aliphatic rings. The molecule has 25 heavy (non-hydrogen) atoms. The van der Waals surface area contributed by atoms with Crippen LogP contribution in [0.3, 0.4) is 0 Å². The number of nitrogens with zero attached hydrogens (tertiary/aromatic N) is 2. The minimum absolute atomic E-state index is 0.104. The molecule has 0 amide bonds. The Balaban J connectivity index is 2.21. The Morgan fingerprint density at radius 1 is 0.920 bits per heavy atom. The van der Waals surface area contributed by atoms with Crippen molar-refractivity contribution in [2.75, 3.05) is 0 Å². The quantitative estimate of drug-likeness (QED) is 0.302. The maximum Gasteiger partial charge on any atom is 0.261 e. The maximum atomic E-state index is 13.8. The van der Waals surface area contributed by atoms with Gasteiger partial charge in [-0.3, -0.25) is 9.36 Å². The van der Waals surface area contributed by atoms with Crippen molar-refractivity contribution in [3.63, 3.8) is 0 Å². The lowest BCUT2D eigenvalue weighted by Gasteiger charge is -2.11. The van der Waals surface area contributed by atoms with Crippen molar-refractivity contribution < 1.29 is 22.0 Å². The number of aromatic nitrogens is 2. The van der Waals surface area contributed by atoms with Crippen LogP contribution in [0.25, 0.3) is 10.9 Å². The van der Waals surface area contributed by atoms with E-state index in [4.69, 9.17) is 0 Å². The second-order valence-corrected chi connectivity index (χ2v) is 6.78. The van der Waals surface area contributed by atoms with Crippen LogP contribution in [0.5, 0.6) is 0 Å². The van der Waals surface area contributed by atoms with Gasteiger partial charge in [0.1, 0.15) is 0 Å². The van der Waals surface area contributed by atoms with E-state index in [0.717, 1.165) is 10.9 Å². The zero-order valence-electron chi connectivity index (χ0n) is 11.9. The smallest absolute Gasteiger partial charge is 0.261 e. The first-order valence-electron chi connectivity index (χ1n) is 6.57. The molecular formula is C15H5Br2F5N2O. The number of halogens is 7. The molecule has 0 radical (unpaired) electrons. The Bertz CT molecular complexity index is 1050. The molecule has 0 saturated carbocycles. The maximum absolute atomic E-state index is 13.8. The summed E-state index contributed by atoms with van der Waals surface area (Å²) in [5, 5.41) is 0.104. The summed E-state index contributed by atoms with van der Waals surface area (Å²) in [6.45, 7) is -0.863. The highest BCUT2D eigenvalue weighted by molar-refractivity contribution is 9.11. The lowest BCUT2D eigenvalue weighted by Crippen LogP contribution is -2.23. The molecule has 0 spiro atoms. The van der Waals surface area contributed by atoms with Crippen LogP contribution in [0.1, 0.15) is 5.56 Å². The molecule has 10 heteroatoms. The van der Waals surface area contributed by atoms with Crippen molar-refractivity contribution in [1.29, 1.82) is 0 Å². The first-order chi connectivity index (χ1) is 11.7. The van der Waals surface area contributed by atoms with Gasteiger partial charge in [0.2, 0.25) is 5.82 Å². The van der Waals surface area contributed by atoms with E-state index < -0.39 is 46.8 Å². The van der Waals surface area contributed by atoms with Gasteiger partial charge in [-0.05, 0) is 28.1 Å². The standard InChI is InChI=1S/C15H5Br2F5N2O/c16-5-1-6-14(8(17)2-5)23-4-24(15(6)25)3-7-9(18)11(20)13(22)12(21)10(7)19/h1-2,4H,3H2. The van der Waals surface area contributed by atoms with Crippen molar-refractivity contribution in [3.05, 3.63) is 72.4 Å². The van der Waals surface area contributed by atoms with Gasteiger partial charge in [0.15, 0.2) is 23.3 Å². The Kier molecular flexibility index (Phi) is 4.67. The first-order valence-corrected chi connectivity index (χ1v) is 8.15. The molecular weight excluding hydrogens is 479 g/mol. The first kappa shape index (κ1) is 18.0. The molecule has 3 rings (SSSR count). The van der Waals surface area contributed by atoms with E-state index in [1.807, 2.05) is 0 Å². The van der Waals surface area contributed by atoms with Crippen molar-refractivity contribution in [1.82, 2.24) is 9.55 Å². The third-order valence-electron chi connectivity index (χ3n) is 3.47. The molecule has 0 unspecified atom stereocenters. The zero-order valence-corrected chi connectivity index (χ0v) is 15.1. The molecule has 1 heterocycles. The van der Waals surface area contributed by atoms with E-state index >= 15 is 0 Å². The van der Waals surface area contributed by atoms with Gasteiger partial charge in [-0.2, -0.15) is 0 Å². The SMILES string of the molecule is O=c1c2cc(Br)cc(Br)c2ncn1Cc1c(F)c(F)c(F)c(F)c1F. The van der Waals surface area contributed by atoms with Gasteiger partial charge in [0.25, 0.3) is 5.56 Å². The van der Waals surface area contributed by atoms with Gasteiger partial charge < -0.3 is 0 Å². The minimum Gasteiger partial charge on any atom is -0.294 e. The van der Waals surface area contributed by atoms with Crippen molar-refractivity contribution in [2.24, 2.45) is 0 Å². The Morgan fingerprint density at radius 2 is 1.48 bits per heavy atom. The topological polar surface area (TPSA) is 34.9 Å². The second kappa shape index (κ2) is 6.49. The second-order valence-electron chi connectivity index (χ2n) is 5.01. The predicted octanol–water partition coefficient (Wildman–Crippen LogP) is 4.67. The van der Waals surface area contributed by atoms with Crippen LogP contribution in [0.4, 0.5) is 22.0 Å². The summed E-state index contributed by atoms with van der Waals surface area (Å²) in [4.78, 5) is 16.5. The molecule has 1 aromatic heterocycles. The average molecular weight is 484 g/mol. The fourth-order valence-corrected chi connectivity index (χ4v) is 3.59. The van der Waals surface area contributed by atoms with E-state index in [-0.39, 0.29) is 5.39 Å². The molecule has 3 aromatic rings. The van der Waals surface area contributed by atoms with Crippen LogP contribution in [0.15, 0.2) is 32.2 Å². The average Bonchev–Trinajstić information content (AvgIpc) is 2.57. The van der Waals surface area contributed by atoms with E-state index in [9.17, 15) is 26.7 Å². The molecule has 0 fully saturated rings. The molecule has 2 aromatic carbocycles. The normalized spacial score (nSPS) is 11.3. The Labute approximate surface area is 153 Å². The number of hydrogen-bond donors (Lipinski definition) is 0. The lowest BCUT2D eigenvalue weighted by atomic mass is 10.1. The van der Waals surface area contributed by atoms with Crippen molar-refractivity contribution in [3.8, 4) is 0 Å². The molecule has 0 aliphatic heterocycles. The van der Waals surface area contributed by atoms with Crippen molar-refractivity contribution >= 4 is 42.8 Å². The summed E-state index contributed by atoms with van der Waals surface area (Å²) in [6, 6.07) is 3.08. The molecule has 3 nitrogen and oxygen atoms in total. The highest BCUT2D eigenvalue weighted by Gasteiger charge is 2.26. The molecule has 0 atom stereocenters. The molecule has 0 saturated heterocycles. The highest BCUT2D eigenvalue weighted by atomic mass is 79.9. The molecule has 0 bridgehead atoms. The molecule has 130 valence electrons.